The third-order valence-corrected chi connectivity index (χ3v) is 4.98. The van der Waals surface area contributed by atoms with E-state index in [1.165, 1.54) is 10.8 Å². The maximum absolute atomic E-state index is 12.8. The van der Waals surface area contributed by atoms with Crippen molar-refractivity contribution in [3.05, 3.63) is 39.4 Å². The molecule has 0 aliphatic carbocycles. The third kappa shape index (κ3) is 4.10. The molecule has 23 heavy (non-hydrogen) atoms. The highest BCUT2D eigenvalue weighted by atomic mass is 35.5. The van der Waals surface area contributed by atoms with Crippen molar-refractivity contribution in [3.8, 4) is 0 Å². The quantitative estimate of drug-likeness (QED) is 0.851. The molecular formula is C15H20ClN3O3S. The molecule has 0 aliphatic rings. The Morgan fingerprint density at radius 3 is 2.70 bits per heavy atom. The van der Waals surface area contributed by atoms with E-state index in [0.717, 1.165) is 0 Å². The zero-order chi connectivity index (χ0) is 17.2. The molecule has 2 aromatic rings. The van der Waals surface area contributed by atoms with Crippen LogP contribution >= 0.6 is 11.6 Å². The maximum Gasteiger partial charge on any atom is 0.262 e. The third-order valence-electron chi connectivity index (χ3n) is 3.63. The van der Waals surface area contributed by atoms with Crippen molar-refractivity contribution in [2.45, 2.75) is 32.4 Å². The van der Waals surface area contributed by atoms with Gasteiger partial charge in [0.15, 0.2) is 0 Å². The molecule has 0 unspecified atom stereocenters. The van der Waals surface area contributed by atoms with Crippen molar-refractivity contribution in [2.24, 2.45) is 5.73 Å². The summed E-state index contributed by atoms with van der Waals surface area (Å²) in [6.45, 7) is 2.14. The minimum atomic E-state index is -3.09. The first kappa shape index (κ1) is 17.9. The van der Waals surface area contributed by atoms with E-state index < -0.39 is 15.9 Å². The normalized spacial score (nSPS) is 13.4. The molecule has 1 aromatic heterocycles. The number of hydrogen-bond acceptors (Lipinski definition) is 5. The van der Waals surface area contributed by atoms with E-state index in [0.29, 0.717) is 34.6 Å². The Balaban J connectivity index is 2.57. The van der Waals surface area contributed by atoms with E-state index in [1.807, 2.05) is 6.92 Å². The predicted molar refractivity (Wildman–Crippen MR) is 92.6 cm³/mol. The van der Waals surface area contributed by atoms with Crippen molar-refractivity contribution in [3.63, 3.8) is 0 Å². The second kappa shape index (κ2) is 6.98. The number of nitrogens with zero attached hydrogens (tertiary/aromatic N) is 2. The number of halogens is 1. The van der Waals surface area contributed by atoms with Crippen LogP contribution in [-0.4, -0.2) is 30.0 Å². The number of aromatic nitrogens is 2. The molecule has 0 bridgehead atoms. The van der Waals surface area contributed by atoms with E-state index in [2.05, 4.69) is 4.98 Å². The molecule has 0 radical (unpaired) electrons. The van der Waals surface area contributed by atoms with E-state index in [4.69, 9.17) is 17.3 Å². The van der Waals surface area contributed by atoms with Crippen LogP contribution in [-0.2, 0) is 16.4 Å². The van der Waals surface area contributed by atoms with Gasteiger partial charge in [-0.3, -0.25) is 9.36 Å². The fourth-order valence-corrected chi connectivity index (χ4v) is 3.31. The number of rotatable bonds is 6. The lowest BCUT2D eigenvalue weighted by molar-refractivity contribution is 0.538. The summed E-state index contributed by atoms with van der Waals surface area (Å²) in [4.78, 5) is 17.3. The van der Waals surface area contributed by atoms with Crippen LogP contribution in [0.4, 0.5) is 0 Å². The molecule has 0 amide bonds. The molecule has 6 nitrogen and oxygen atoms in total. The molecule has 1 heterocycles. The molecule has 0 saturated carbocycles. The number of nitrogens with two attached hydrogens (primary N) is 1. The molecule has 126 valence electrons. The van der Waals surface area contributed by atoms with Gasteiger partial charge in [0.2, 0.25) is 0 Å². The van der Waals surface area contributed by atoms with Crippen molar-refractivity contribution in [2.75, 3.05) is 12.0 Å². The molecule has 0 fully saturated rings. The molecule has 8 heteroatoms. The summed E-state index contributed by atoms with van der Waals surface area (Å²) < 4.78 is 24.1. The monoisotopic (exact) mass is 357 g/mol. The van der Waals surface area contributed by atoms with Crippen molar-refractivity contribution >= 4 is 32.3 Å². The number of fused-ring (bicyclic) bond motifs is 1. The van der Waals surface area contributed by atoms with Crippen LogP contribution in [0.25, 0.3) is 10.9 Å². The zero-order valence-corrected chi connectivity index (χ0v) is 14.7. The molecule has 0 aliphatic heterocycles. The number of hydrogen-bond donors (Lipinski definition) is 1. The Morgan fingerprint density at radius 1 is 1.39 bits per heavy atom. The average molecular weight is 358 g/mol. The summed E-state index contributed by atoms with van der Waals surface area (Å²) in [5.41, 5.74) is 6.29. The van der Waals surface area contributed by atoms with Gasteiger partial charge in [-0.15, -0.1) is 0 Å². The van der Waals surface area contributed by atoms with E-state index >= 15 is 0 Å². The maximum atomic E-state index is 12.8. The summed E-state index contributed by atoms with van der Waals surface area (Å²) in [7, 11) is -3.09. The van der Waals surface area contributed by atoms with Crippen LogP contribution in [0.3, 0.4) is 0 Å². The zero-order valence-electron chi connectivity index (χ0n) is 13.1. The van der Waals surface area contributed by atoms with Crippen LogP contribution < -0.4 is 11.3 Å². The van der Waals surface area contributed by atoms with Gasteiger partial charge in [-0.25, -0.2) is 13.4 Å². The van der Waals surface area contributed by atoms with E-state index in [9.17, 15) is 13.2 Å². The summed E-state index contributed by atoms with van der Waals surface area (Å²) in [5.74, 6) is 0.460. The van der Waals surface area contributed by atoms with Crippen LogP contribution in [0.15, 0.2) is 23.0 Å². The van der Waals surface area contributed by atoms with Crippen molar-refractivity contribution < 1.29 is 8.42 Å². The smallest absolute Gasteiger partial charge is 0.262 e. The topological polar surface area (TPSA) is 95.0 Å². The highest BCUT2D eigenvalue weighted by Crippen LogP contribution is 2.21. The number of sulfone groups is 1. The molecule has 2 rings (SSSR count). The molecular weight excluding hydrogens is 338 g/mol. The molecule has 0 saturated heterocycles. The standard InChI is InChI=1S/C15H20ClN3O3S/c1-3-11(17)14-18-12-7-4-6-10(16)13(12)15(20)19(14)8-5-9-23(2,21)22/h4,6-7,11H,3,5,8-9,17H2,1-2H3/t11-/m0/s1. The Bertz CT molecular complexity index is 877. The SMILES string of the molecule is CC[C@H](N)c1nc2cccc(Cl)c2c(=O)n1CCCS(C)(=O)=O. The van der Waals surface area contributed by atoms with Crippen LogP contribution in [0.5, 0.6) is 0 Å². The van der Waals surface area contributed by atoms with Crippen LogP contribution in [0.1, 0.15) is 31.6 Å². The summed E-state index contributed by atoms with van der Waals surface area (Å²) in [6, 6.07) is 4.68. The summed E-state index contributed by atoms with van der Waals surface area (Å²) in [5, 5.41) is 0.661. The van der Waals surface area contributed by atoms with Gasteiger partial charge in [-0.1, -0.05) is 24.6 Å². The Morgan fingerprint density at radius 2 is 2.09 bits per heavy atom. The molecule has 1 atom stereocenters. The minimum absolute atomic E-state index is 0.000796. The molecule has 1 aromatic carbocycles. The largest absolute Gasteiger partial charge is 0.321 e. The van der Waals surface area contributed by atoms with Crippen LogP contribution in [0, 0.1) is 0 Å². The van der Waals surface area contributed by atoms with E-state index in [1.54, 1.807) is 18.2 Å². The molecule has 2 N–H and O–H groups in total. The first-order valence-electron chi connectivity index (χ1n) is 7.37. The summed E-state index contributed by atoms with van der Waals surface area (Å²) >= 11 is 6.13. The fourth-order valence-electron chi connectivity index (χ4n) is 2.41. The van der Waals surface area contributed by atoms with E-state index in [-0.39, 0.29) is 17.9 Å². The van der Waals surface area contributed by atoms with Crippen molar-refractivity contribution in [1.29, 1.82) is 0 Å². The lowest BCUT2D eigenvalue weighted by Crippen LogP contribution is -2.30. The van der Waals surface area contributed by atoms with Crippen molar-refractivity contribution in [1.82, 2.24) is 9.55 Å². The fraction of sp³-hybridized carbons (Fsp3) is 0.467. The second-order valence-electron chi connectivity index (χ2n) is 5.56. The van der Waals surface area contributed by atoms with Gasteiger partial charge in [0.25, 0.3) is 5.56 Å². The Hall–Kier alpha value is -1.44. The van der Waals surface area contributed by atoms with Gasteiger partial charge < -0.3 is 5.73 Å². The lowest BCUT2D eigenvalue weighted by atomic mass is 10.2. The second-order valence-corrected chi connectivity index (χ2v) is 8.23. The summed E-state index contributed by atoms with van der Waals surface area (Å²) in [6.07, 6.45) is 2.11. The predicted octanol–water partition coefficient (Wildman–Crippen LogP) is 1.89. The van der Waals surface area contributed by atoms with Crippen LogP contribution in [0.2, 0.25) is 5.02 Å². The van der Waals surface area contributed by atoms with Gasteiger partial charge in [0, 0.05) is 12.8 Å². The first-order chi connectivity index (χ1) is 10.7. The lowest BCUT2D eigenvalue weighted by Gasteiger charge is -2.17. The van der Waals surface area contributed by atoms with Gasteiger partial charge in [-0.2, -0.15) is 0 Å². The highest BCUT2D eigenvalue weighted by molar-refractivity contribution is 7.90. The van der Waals surface area contributed by atoms with Gasteiger partial charge in [-0.05, 0) is 25.0 Å². The Kier molecular flexibility index (Phi) is 5.44. The minimum Gasteiger partial charge on any atom is -0.321 e. The van der Waals surface area contributed by atoms with Gasteiger partial charge in [0.1, 0.15) is 15.7 Å². The first-order valence-corrected chi connectivity index (χ1v) is 9.80. The highest BCUT2D eigenvalue weighted by Gasteiger charge is 2.17. The van der Waals surface area contributed by atoms with Gasteiger partial charge in [0.05, 0.1) is 27.7 Å². The molecule has 0 spiro atoms. The number of benzene rings is 1. The average Bonchev–Trinajstić information content (AvgIpc) is 2.47. The Labute approximate surface area is 140 Å². The van der Waals surface area contributed by atoms with Gasteiger partial charge >= 0.3 is 0 Å².